The largest absolute Gasteiger partial charge is 0.510 e. The first-order valence-corrected chi connectivity index (χ1v) is 8.47. The third-order valence-electron chi connectivity index (χ3n) is 3.74. The van der Waals surface area contributed by atoms with Gasteiger partial charge >= 0.3 is 0 Å². The zero-order valence-electron chi connectivity index (χ0n) is 10.9. The van der Waals surface area contributed by atoms with Crippen molar-refractivity contribution in [2.45, 2.75) is 30.8 Å². The number of nitrogens with zero attached hydrogens (tertiary/aromatic N) is 4. The Morgan fingerprint density at radius 2 is 2.05 bits per heavy atom. The fraction of sp³-hybridized carbons (Fsp3) is 0.583. The summed E-state index contributed by atoms with van der Waals surface area (Å²) in [5.41, 5.74) is 0.114. The van der Waals surface area contributed by atoms with Crippen LogP contribution in [0.5, 0.6) is 0 Å². The quantitative estimate of drug-likeness (QED) is 0.682. The van der Waals surface area contributed by atoms with Crippen molar-refractivity contribution in [3.8, 4) is 0 Å². The number of aromatic nitrogens is 2. The van der Waals surface area contributed by atoms with Gasteiger partial charge in [0.1, 0.15) is 5.76 Å². The molecule has 0 radical (unpaired) electrons. The van der Waals surface area contributed by atoms with Gasteiger partial charge < -0.3 is 5.11 Å². The number of carbonyl (C=O) groups is 1. The first-order valence-electron chi connectivity index (χ1n) is 6.47. The molecule has 3 rings (SSSR count). The third kappa shape index (κ3) is 2.37. The number of ketones is 1. The molecule has 0 bridgehead atoms. The number of aliphatic hydroxyl groups is 1. The highest BCUT2D eigenvalue weighted by molar-refractivity contribution is 7.98. The second-order valence-corrected chi connectivity index (χ2v) is 6.36. The van der Waals surface area contributed by atoms with Gasteiger partial charge in [0.05, 0.1) is 0 Å². The number of hydrogen-bond acceptors (Lipinski definition) is 8. The van der Waals surface area contributed by atoms with Crippen LogP contribution in [0.15, 0.2) is 26.8 Å². The minimum atomic E-state index is -0.103. The third-order valence-corrected chi connectivity index (χ3v) is 5.01. The lowest BCUT2D eigenvalue weighted by Crippen LogP contribution is -2.21. The van der Waals surface area contributed by atoms with Crippen LogP contribution in [0.1, 0.15) is 25.7 Å². The molecule has 0 saturated heterocycles. The summed E-state index contributed by atoms with van der Waals surface area (Å²) in [6.45, 7) is 0. The van der Waals surface area contributed by atoms with Crippen LogP contribution in [0.3, 0.4) is 0 Å². The first kappa shape index (κ1) is 13.7. The topological polar surface area (TPSA) is 87.8 Å². The Bertz CT molecular complexity index is 596. The minimum Gasteiger partial charge on any atom is -0.510 e. The monoisotopic (exact) mass is 310 g/mol. The van der Waals surface area contributed by atoms with Crippen LogP contribution < -0.4 is 0 Å². The molecule has 6 nitrogen and oxygen atoms in total. The van der Waals surface area contributed by atoms with E-state index in [1.54, 1.807) is 0 Å². The standard InChI is InChI=1S/C12H14N4O2S2/c1-19-12-13-11(20-16-12)15-14-8-9(17)6-4-2-3-5-7(6)10(8)18/h6-7,17H,2-5H2,1H3. The lowest BCUT2D eigenvalue weighted by molar-refractivity contribution is -0.120. The number of fused-ring (bicyclic) bond motifs is 1. The van der Waals surface area contributed by atoms with Crippen LogP contribution in [0.4, 0.5) is 5.13 Å². The van der Waals surface area contributed by atoms with Crippen LogP contribution in [0, 0.1) is 11.8 Å². The van der Waals surface area contributed by atoms with Crippen molar-refractivity contribution in [1.82, 2.24) is 9.36 Å². The summed E-state index contributed by atoms with van der Waals surface area (Å²) in [5.74, 6) is -0.126. The molecule has 0 amide bonds. The lowest BCUT2D eigenvalue weighted by atomic mass is 9.80. The molecule has 1 N–H and O–H groups in total. The summed E-state index contributed by atoms with van der Waals surface area (Å²) >= 11 is 2.55. The molecule has 1 aromatic heterocycles. The molecule has 1 aromatic rings. The molecular formula is C12H14N4O2S2. The van der Waals surface area contributed by atoms with Gasteiger partial charge in [-0.3, -0.25) is 4.79 Å². The summed E-state index contributed by atoms with van der Waals surface area (Å²) in [6, 6.07) is 0. The number of hydrogen-bond donors (Lipinski definition) is 1. The van der Waals surface area contributed by atoms with Crippen molar-refractivity contribution in [3.05, 3.63) is 11.5 Å². The zero-order chi connectivity index (χ0) is 14.1. The predicted molar refractivity (Wildman–Crippen MR) is 76.3 cm³/mol. The normalized spacial score (nSPS) is 26.6. The van der Waals surface area contributed by atoms with Crippen LogP contribution in [-0.2, 0) is 4.79 Å². The van der Waals surface area contributed by atoms with Gasteiger partial charge in [-0.2, -0.15) is 9.36 Å². The Kier molecular flexibility index (Phi) is 3.84. The molecule has 2 aliphatic carbocycles. The molecule has 1 saturated carbocycles. The number of thioether (sulfide) groups is 1. The molecule has 1 fully saturated rings. The maximum Gasteiger partial charge on any atom is 0.250 e. The number of azo groups is 1. The average molecular weight is 310 g/mol. The summed E-state index contributed by atoms with van der Waals surface area (Å²) in [5, 5.41) is 19.0. The van der Waals surface area contributed by atoms with Crippen molar-refractivity contribution in [2.24, 2.45) is 22.1 Å². The van der Waals surface area contributed by atoms with Crippen molar-refractivity contribution in [2.75, 3.05) is 6.26 Å². The average Bonchev–Trinajstić information content (AvgIpc) is 3.03. The van der Waals surface area contributed by atoms with Crippen LogP contribution >= 0.6 is 23.3 Å². The van der Waals surface area contributed by atoms with Gasteiger partial charge in [0.15, 0.2) is 11.5 Å². The maximum atomic E-state index is 12.2. The molecule has 2 atom stereocenters. The molecule has 2 unspecified atom stereocenters. The van der Waals surface area contributed by atoms with E-state index >= 15 is 0 Å². The second kappa shape index (κ2) is 5.61. The summed E-state index contributed by atoms with van der Waals surface area (Å²) < 4.78 is 4.07. The second-order valence-electron chi connectivity index (χ2n) is 4.86. The van der Waals surface area contributed by atoms with Gasteiger partial charge in [-0.25, -0.2) is 0 Å². The molecule has 0 aliphatic heterocycles. The molecule has 106 valence electrons. The van der Waals surface area contributed by atoms with Crippen molar-refractivity contribution in [3.63, 3.8) is 0 Å². The zero-order valence-corrected chi connectivity index (χ0v) is 12.6. The number of Topliss-reactive ketones (excluding diaryl/α,β-unsaturated/α-hetero) is 1. The number of allylic oxidation sites excluding steroid dienone is 2. The van der Waals surface area contributed by atoms with Crippen molar-refractivity contribution < 1.29 is 9.90 Å². The summed E-state index contributed by atoms with van der Waals surface area (Å²) in [4.78, 5) is 16.3. The first-order chi connectivity index (χ1) is 9.70. The highest BCUT2D eigenvalue weighted by atomic mass is 32.2. The molecule has 2 aliphatic rings. The van der Waals surface area contributed by atoms with Gasteiger partial charge in [0.25, 0.3) is 0 Å². The van der Waals surface area contributed by atoms with E-state index in [1.807, 2.05) is 6.26 Å². The van der Waals surface area contributed by atoms with E-state index in [9.17, 15) is 9.90 Å². The smallest absolute Gasteiger partial charge is 0.250 e. The molecule has 20 heavy (non-hydrogen) atoms. The molecule has 0 aromatic carbocycles. The molecule has 8 heteroatoms. The molecular weight excluding hydrogens is 296 g/mol. The Labute approximate surface area is 124 Å². The van der Waals surface area contributed by atoms with Crippen LogP contribution in [-0.4, -0.2) is 26.5 Å². The van der Waals surface area contributed by atoms with E-state index in [0.29, 0.717) is 10.3 Å². The van der Waals surface area contributed by atoms with E-state index in [2.05, 4.69) is 19.6 Å². The van der Waals surface area contributed by atoms with E-state index in [1.165, 1.54) is 11.8 Å². The van der Waals surface area contributed by atoms with E-state index in [-0.39, 0.29) is 29.1 Å². The van der Waals surface area contributed by atoms with Gasteiger partial charge in [0.2, 0.25) is 10.3 Å². The molecule has 0 spiro atoms. The van der Waals surface area contributed by atoms with Crippen LogP contribution in [0.25, 0.3) is 0 Å². The van der Waals surface area contributed by atoms with Crippen LogP contribution in [0.2, 0.25) is 0 Å². The molecule has 1 heterocycles. The Morgan fingerprint density at radius 1 is 1.30 bits per heavy atom. The minimum absolute atomic E-state index is 0.0543. The number of aliphatic hydroxyl groups excluding tert-OH is 1. The van der Waals surface area contributed by atoms with Crippen molar-refractivity contribution in [1.29, 1.82) is 0 Å². The van der Waals surface area contributed by atoms with Gasteiger partial charge in [0, 0.05) is 23.4 Å². The van der Waals surface area contributed by atoms with E-state index < -0.39 is 0 Å². The number of carbonyl (C=O) groups excluding carboxylic acids is 1. The van der Waals surface area contributed by atoms with Gasteiger partial charge in [-0.1, -0.05) is 24.6 Å². The Hall–Kier alpha value is -1.28. The Morgan fingerprint density at radius 3 is 2.70 bits per heavy atom. The summed E-state index contributed by atoms with van der Waals surface area (Å²) in [7, 11) is 0. The predicted octanol–water partition coefficient (Wildman–Crippen LogP) is 3.50. The fourth-order valence-corrected chi connectivity index (χ4v) is 3.82. The highest BCUT2D eigenvalue weighted by Gasteiger charge is 2.43. The van der Waals surface area contributed by atoms with Crippen molar-refractivity contribution >= 4 is 34.2 Å². The fourth-order valence-electron chi connectivity index (χ4n) is 2.77. The highest BCUT2D eigenvalue weighted by Crippen LogP contribution is 2.43. The van der Waals surface area contributed by atoms with E-state index in [4.69, 9.17) is 0 Å². The lowest BCUT2D eigenvalue weighted by Gasteiger charge is -2.23. The van der Waals surface area contributed by atoms with Gasteiger partial charge in [-0.15, -0.1) is 10.2 Å². The maximum absolute atomic E-state index is 12.2. The summed E-state index contributed by atoms with van der Waals surface area (Å²) in [6.07, 6.45) is 5.66. The SMILES string of the molecule is CSc1nsc(N=NC2=C(O)C3CCCCC3C2=O)n1. The number of rotatable bonds is 3. The van der Waals surface area contributed by atoms with Gasteiger partial charge in [-0.05, 0) is 19.1 Å². The van der Waals surface area contributed by atoms with E-state index in [0.717, 1.165) is 37.2 Å². The Balaban J connectivity index is 1.82.